The number of rotatable bonds is 2. The fourth-order valence-electron chi connectivity index (χ4n) is 0.134. The summed E-state index contributed by atoms with van der Waals surface area (Å²) in [6, 6.07) is 0. The first-order chi connectivity index (χ1) is 3.77. The Kier molecular flexibility index (Phi) is 6.07. The predicted octanol–water partition coefficient (Wildman–Crippen LogP) is 1.68. The Morgan fingerprint density at radius 3 is 2.62 bits per heavy atom. The van der Waals surface area contributed by atoms with Gasteiger partial charge in [-0.25, -0.2) is 0 Å². The molecule has 0 aromatic carbocycles. The molecule has 0 aromatic heterocycles. The number of halogens is 2. The predicted molar refractivity (Wildman–Crippen MR) is 34.3 cm³/mol. The summed E-state index contributed by atoms with van der Waals surface area (Å²) in [5.41, 5.74) is 1.19. The van der Waals surface area contributed by atoms with E-state index in [1.807, 2.05) is 0 Å². The van der Waals surface area contributed by atoms with Gasteiger partial charge >= 0.3 is 68.9 Å². The average molecular weight is 320 g/mol. The maximum absolute atomic E-state index is 5.46. The van der Waals surface area contributed by atoms with Crippen molar-refractivity contribution < 1.29 is 19.4 Å². The average Bonchev–Trinajstić information content (AvgIpc) is 1.66. The van der Waals surface area contributed by atoms with Gasteiger partial charge in [-0.1, -0.05) is 0 Å². The van der Waals surface area contributed by atoms with Gasteiger partial charge in [0.1, 0.15) is 0 Å². The van der Waals surface area contributed by atoms with Crippen LogP contribution in [0.2, 0.25) is 0 Å². The second kappa shape index (κ2) is 5.68. The first-order valence-corrected chi connectivity index (χ1v) is 4.03. The van der Waals surface area contributed by atoms with Crippen LogP contribution in [0.4, 0.5) is 0 Å². The summed E-state index contributed by atoms with van der Waals surface area (Å²) in [6.07, 6.45) is 3.23. The van der Waals surface area contributed by atoms with Crippen molar-refractivity contribution in [3.63, 3.8) is 0 Å². The third kappa shape index (κ3) is 6.55. The molecule has 0 aliphatic heterocycles. The first kappa shape index (κ1) is 8.55. The SMILES string of the molecule is ClC=N/C=C\[C](Cl)=[W]. The van der Waals surface area contributed by atoms with E-state index in [1.54, 1.807) is 12.3 Å². The minimum absolute atomic E-state index is 0.771. The van der Waals surface area contributed by atoms with Gasteiger partial charge < -0.3 is 0 Å². The molecule has 44 valence electrons. The monoisotopic (exact) mass is 319 g/mol. The third-order valence-corrected chi connectivity index (χ3v) is 1.08. The summed E-state index contributed by atoms with van der Waals surface area (Å²) in [7, 11) is 0. The van der Waals surface area contributed by atoms with Gasteiger partial charge in [0, 0.05) is 0 Å². The quantitative estimate of drug-likeness (QED) is 0.687. The summed E-state index contributed by atoms with van der Waals surface area (Å²) in [4.78, 5) is 3.58. The second-order valence-corrected chi connectivity index (χ2v) is 3.94. The zero-order valence-electron chi connectivity index (χ0n) is 3.84. The van der Waals surface area contributed by atoms with Gasteiger partial charge in [-0.05, 0) is 0 Å². The molecule has 0 N–H and O–H groups in total. The molecule has 8 heavy (non-hydrogen) atoms. The Morgan fingerprint density at radius 2 is 2.25 bits per heavy atom. The normalized spacial score (nSPS) is 11.2. The first-order valence-electron chi connectivity index (χ1n) is 1.75. The molecular weight excluding hydrogens is 317 g/mol. The van der Waals surface area contributed by atoms with Gasteiger partial charge in [0.05, 0.1) is 0 Å². The Bertz CT molecular complexity index is 130. The molecule has 0 aliphatic carbocycles. The molecule has 0 saturated carbocycles. The van der Waals surface area contributed by atoms with E-state index in [-0.39, 0.29) is 0 Å². The fourth-order valence-corrected chi connectivity index (χ4v) is 0.474. The van der Waals surface area contributed by atoms with E-state index in [4.69, 9.17) is 23.2 Å². The van der Waals surface area contributed by atoms with Crippen molar-refractivity contribution in [3.8, 4) is 0 Å². The minimum atomic E-state index is 0.771. The van der Waals surface area contributed by atoms with E-state index in [0.29, 0.717) is 0 Å². The van der Waals surface area contributed by atoms with Crippen LogP contribution in [0.5, 0.6) is 0 Å². The van der Waals surface area contributed by atoms with Crippen molar-refractivity contribution in [3.05, 3.63) is 12.3 Å². The Labute approximate surface area is 68.8 Å². The standard InChI is InChI=1S/C4H3Cl2N.W/c5-2-1-3-7-4-6;/h1,3-4H;/b3-1-,7-4?;. The van der Waals surface area contributed by atoms with Crippen LogP contribution in [-0.2, 0) is 19.4 Å². The van der Waals surface area contributed by atoms with Crippen LogP contribution in [0.3, 0.4) is 0 Å². The topological polar surface area (TPSA) is 12.4 Å². The molecule has 0 bridgehead atoms. The molecule has 0 fully saturated rings. The van der Waals surface area contributed by atoms with Gasteiger partial charge in [0.2, 0.25) is 0 Å². The van der Waals surface area contributed by atoms with Crippen molar-refractivity contribution in [2.45, 2.75) is 0 Å². The van der Waals surface area contributed by atoms with Crippen LogP contribution in [0.15, 0.2) is 17.3 Å². The Hall–Kier alpha value is 0.548. The summed E-state index contributed by atoms with van der Waals surface area (Å²) in [5.74, 6) is 0. The van der Waals surface area contributed by atoms with Gasteiger partial charge in [-0.15, -0.1) is 0 Å². The molecule has 0 aliphatic rings. The van der Waals surface area contributed by atoms with E-state index in [0.717, 1.165) is 3.36 Å². The van der Waals surface area contributed by atoms with E-state index in [2.05, 4.69) is 4.99 Å². The van der Waals surface area contributed by atoms with Crippen LogP contribution < -0.4 is 0 Å². The van der Waals surface area contributed by atoms with Gasteiger partial charge in [-0.3, -0.25) is 0 Å². The zero-order valence-corrected chi connectivity index (χ0v) is 8.29. The number of nitrogens with zero attached hydrogens (tertiary/aromatic N) is 1. The van der Waals surface area contributed by atoms with Gasteiger partial charge in [0.25, 0.3) is 0 Å². The van der Waals surface area contributed by atoms with Crippen molar-refractivity contribution >= 4 is 32.2 Å². The number of aliphatic imine (C=N–C) groups is 1. The van der Waals surface area contributed by atoms with E-state index in [1.165, 1.54) is 25.0 Å². The summed E-state index contributed by atoms with van der Waals surface area (Å²) in [6.45, 7) is 0. The van der Waals surface area contributed by atoms with Crippen LogP contribution in [0, 0.1) is 0 Å². The van der Waals surface area contributed by atoms with Gasteiger partial charge in [-0.2, -0.15) is 0 Å². The van der Waals surface area contributed by atoms with Crippen molar-refractivity contribution in [2.24, 2.45) is 4.99 Å². The van der Waals surface area contributed by atoms with Crippen LogP contribution in [0.25, 0.3) is 0 Å². The molecule has 0 amide bonds. The third-order valence-electron chi connectivity index (χ3n) is 0.348. The maximum atomic E-state index is 5.46. The number of hydrogen-bond acceptors (Lipinski definition) is 1. The molecular formula is C4H3Cl2NW. The van der Waals surface area contributed by atoms with Crippen LogP contribution in [0.1, 0.15) is 0 Å². The van der Waals surface area contributed by atoms with E-state index < -0.39 is 0 Å². The summed E-state index contributed by atoms with van der Waals surface area (Å²) < 4.78 is 0.771. The second-order valence-electron chi connectivity index (χ2n) is 0.867. The van der Waals surface area contributed by atoms with Gasteiger partial charge in [0.15, 0.2) is 0 Å². The molecule has 0 atom stereocenters. The number of allylic oxidation sites excluding steroid dienone is 1. The van der Waals surface area contributed by atoms with Crippen molar-refractivity contribution in [1.82, 2.24) is 0 Å². The fraction of sp³-hybridized carbons (Fsp3) is 0. The Morgan fingerprint density at radius 1 is 1.62 bits per heavy atom. The molecule has 4 heteroatoms. The molecule has 0 heterocycles. The number of hydrogen-bond donors (Lipinski definition) is 0. The summed E-state index contributed by atoms with van der Waals surface area (Å²) in [5, 5.41) is 0. The summed E-state index contributed by atoms with van der Waals surface area (Å²) >= 11 is 11.8. The zero-order chi connectivity index (χ0) is 6.41. The van der Waals surface area contributed by atoms with E-state index in [9.17, 15) is 0 Å². The molecule has 0 radical (unpaired) electrons. The molecule has 0 rings (SSSR count). The van der Waals surface area contributed by atoms with Crippen LogP contribution in [-0.4, -0.2) is 9.03 Å². The van der Waals surface area contributed by atoms with Crippen molar-refractivity contribution in [1.29, 1.82) is 0 Å². The molecule has 0 spiro atoms. The molecule has 0 aromatic rings. The van der Waals surface area contributed by atoms with Crippen LogP contribution >= 0.6 is 23.2 Å². The molecule has 0 unspecified atom stereocenters. The molecule has 1 nitrogen and oxygen atoms in total. The Balaban J connectivity index is 3.50. The van der Waals surface area contributed by atoms with E-state index >= 15 is 0 Å². The van der Waals surface area contributed by atoms with Crippen molar-refractivity contribution in [2.75, 3.05) is 0 Å². The molecule has 0 saturated heterocycles.